The van der Waals surface area contributed by atoms with Crippen LogP contribution in [0.1, 0.15) is 0 Å². The molecule has 6 heavy (non-hydrogen) atoms. The van der Waals surface area contributed by atoms with E-state index in [1.54, 1.807) is 0 Å². The zero-order chi connectivity index (χ0) is 4.28. The topological polar surface area (TPSA) is 60.4 Å². The maximum atomic E-state index is 9.01. The van der Waals surface area contributed by atoms with Crippen molar-refractivity contribution in [1.29, 1.82) is 0 Å². The van der Waals surface area contributed by atoms with Crippen LogP contribution in [0, 0.1) is 0 Å². The fourth-order valence-electron chi connectivity index (χ4n) is 0. The van der Waals surface area contributed by atoms with Gasteiger partial charge >= 0.3 is 22.4 Å². The number of aliphatic hydroxyl groups is 1. The molecule has 0 aromatic carbocycles. The summed E-state index contributed by atoms with van der Waals surface area (Å²) in [5, 5.41) is 16.5. The Bertz CT molecular complexity index is 44.1. The third kappa shape index (κ3) is 8.90. The molecule has 0 aliphatic heterocycles. The molecule has 1 N–H and O–H groups in total. The van der Waals surface area contributed by atoms with E-state index in [2.05, 4.69) is 0 Å². The Hall–Kier alpha value is 0.170. The van der Waals surface area contributed by atoms with Crippen LogP contribution in [0.15, 0.2) is 0 Å². The number of carboxylic acids is 1. The second kappa shape index (κ2) is 5.17. The van der Waals surface area contributed by atoms with E-state index < -0.39 is 12.6 Å². The standard InChI is InChI=1S/C2H4O3.Au/c3-1-2(4)5;/h3H,1H2,(H,4,5);/q;+1/p-1. The fraction of sp³-hybridized carbons (Fsp3) is 0.500. The average molecular weight is 272 g/mol. The monoisotopic (exact) mass is 272 g/mol. The molecule has 4 heteroatoms. The molecule has 0 fully saturated rings. The first-order valence-electron chi connectivity index (χ1n) is 1.08. The first-order chi connectivity index (χ1) is 2.27. The van der Waals surface area contributed by atoms with Gasteiger partial charge in [-0.05, 0) is 0 Å². The van der Waals surface area contributed by atoms with Crippen LogP contribution in [-0.2, 0) is 27.2 Å². The number of hydrogen-bond donors (Lipinski definition) is 1. The minimum atomic E-state index is -1.44. The van der Waals surface area contributed by atoms with Crippen molar-refractivity contribution in [3.05, 3.63) is 0 Å². The van der Waals surface area contributed by atoms with Gasteiger partial charge in [0.25, 0.3) is 0 Å². The molecule has 0 heterocycles. The zero-order valence-electron chi connectivity index (χ0n) is 2.77. The van der Waals surface area contributed by atoms with Crippen molar-refractivity contribution in [1.82, 2.24) is 0 Å². The summed E-state index contributed by atoms with van der Waals surface area (Å²) in [5.41, 5.74) is 0. The molecule has 0 saturated heterocycles. The maximum absolute atomic E-state index is 9.01. The molecular formula is C2H3AuO3. The second-order valence-corrected chi connectivity index (χ2v) is 0.530. The Kier molecular flexibility index (Phi) is 8.17. The van der Waals surface area contributed by atoms with Crippen molar-refractivity contribution >= 4 is 5.97 Å². The molecule has 0 unspecified atom stereocenters. The van der Waals surface area contributed by atoms with Crippen LogP contribution in [0.25, 0.3) is 0 Å². The van der Waals surface area contributed by atoms with Crippen LogP contribution in [0.3, 0.4) is 0 Å². The van der Waals surface area contributed by atoms with E-state index in [1.807, 2.05) is 0 Å². The molecule has 0 aliphatic rings. The van der Waals surface area contributed by atoms with E-state index in [0.29, 0.717) is 0 Å². The summed E-state index contributed by atoms with van der Waals surface area (Å²) >= 11 is 0. The van der Waals surface area contributed by atoms with Crippen molar-refractivity contribution in [3.63, 3.8) is 0 Å². The first kappa shape index (κ1) is 9.48. The van der Waals surface area contributed by atoms with Gasteiger partial charge in [-0.1, -0.05) is 0 Å². The number of carboxylic acid groups (broad SMARTS) is 1. The van der Waals surface area contributed by atoms with Gasteiger partial charge < -0.3 is 15.0 Å². The molecule has 0 spiro atoms. The quantitative estimate of drug-likeness (QED) is 0.547. The fourth-order valence-corrected chi connectivity index (χ4v) is 0. The molecule has 0 radical (unpaired) electrons. The van der Waals surface area contributed by atoms with E-state index in [-0.39, 0.29) is 22.4 Å². The Morgan fingerprint density at radius 1 is 1.83 bits per heavy atom. The van der Waals surface area contributed by atoms with Gasteiger partial charge in [0.15, 0.2) is 0 Å². The first-order valence-corrected chi connectivity index (χ1v) is 1.08. The van der Waals surface area contributed by atoms with Gasteiger partial charge in [0, 0.05) is 0 Å². The number of hydrogen-bond acceptors (Lipinski definition) is 3. The van der Waals surface area contributed by atoms with Crippen LogP contribution < -0.4 is 5.11 Å². The van der Waals surface area contributed by atoms with Crippen LogP contribution in [0.2, 0.25) is 0 Å². The summed E-state index contributed by atoms with van der Waals surface area (Å²) in [7, 11) is 0. The van der Waals surface area contributed by atoms with Gasteiger partial charge in [-0.2, -0.15) is 0 Å². The molecule has 0 aliphatic carbocycles. The van der Waals surface area contributed by atoms with E-state index in [4.69, 9.17) is 15.0 Å². The summed E-state index contributed by atoms with van der Waals surface area (Å²) in [4.78, 5) is 9.01. The van der Waals surface area contributed by atoms with E-state index in [9.17, 15) is 0 Å². The third-order valence-electron chi connectivity index (χ3n) is 0.129. The summed E-state index contributed by atoms with van der Waals surface area (Å²) in [6.07, 6.45) is 0. The summed E-state index contributed by atoms with van der Waals surface area (Å²) in [5.74, 6) is -1.44. The van der Waals surface area contributed by atoms with Crippen molar-refractivity contribution in [2.45, 2.75) is 0 Å². The smallest absolute Gasteiger partial charge is 0.548 e. The SMILES string of the molecule is O=C([O-])CO.[Au+]. The normalized spacial score (nSPS) is 6.17. The van der Waals surface area contributed by atoms with Crippen molar-refractivity contribution in [2.75, 3.05) is 6.61 Å². The molecular weight excluding hydrogens is 269 g/mol. The molecule has 0 bridgehead atoms. The molecule has 0 aromatic heterocycles. The van der Waals surface area contributed by atoms with Crippen molar-refractivity contribution in [3.8, 4) is 0 Å². The Labute approximate surface area is 50.5 Å². The number of rotatable bonds is 1. The summed E-state index contributed by atoms with van der Waals surface area (Å²) < 4.78 is 0. The number of carbonyl (C=O) groups is 1. The summed E-state index contributed by atoms with van der Waals surface area (Å²) in [6.45, 7) is -0.889. The Morgan fingerprint density at radius 2 is 2.00 bits per heavy atom. The van der Waals surface area contributed by atoms with Crippen LogP contribution in [0.4, 0.5) is 0 Å². The van der Waals surface area contributed by atoms with Crippen LogP contribution in [-0.4, -0.2) is 17.7 Å². The van der Waals surface area contributed by atoms with Gasteiger partial charge in [0.1, 0.15) is 0 Å². The molecule has 0 saturated carbocycles. The minimum Gasteiger partial charge on any atom is -0.548 e. The van der Waals surface area contributed by atoms with Gasteiger partial charge in [0.05, 0.1) is 12.6 Å². The Morgan fingerprint density at radius 3 is 2.00 bits per heavy atom. The molecule has 3 nitrogen and oxygen atoms in total. The Balaban J connectivity index is 0. The largest absolute Gasteiger partial charge is 1.00 e. The molecule has 0 amide bonds. The van der Waals surface area contributed by atoms with E-state index in [1.165, 1.54) is 0 Å². The van der Waals surface area contributed by atoms with Gasteiger partial charge in [-0.25, -0.2) is 0 Å². The maximum Gasteiger partial charge on any atom is 1.00 e. The zero-order valence-corrected chi connectivity index (χ0v) is 4.94. The summed E-state index contributed by atoms with van der Waals surface area (Å²) in [6, 6.07) is 0. The molecule has 0 rings (SSSR count). The van der Waals surface area contributed by atoms with Gasteiger partial charge in [-0.3, -0.25) is 0 Å². The van der Waals surface area contributed by atoms with Gasteiger partial charge in [0.2, 0.25) is 0 Å². The third-order valence-corrected chi connectivity index (χ3v) is 0.129. The number of aliphatic carboxylic acids is 1. The van der Waals surface area contributed by atoms with E-state index >= 15 is 0 Å². The second-order valence-electron chi connectivity index (χ2n) is 0.530. The average Bonchev–Trinajstić information content (AvgIpc) is 1.38. The molecule has 40 valence electrons. The van der Waals surface area contributed by atoms with Gasteiger partial charge in [-0.15, -0.1) is 0 Å². The predicted octanol–water partition coefficient (Wildman–Crippen LogP) is -2.27. The van der Waals surface area contributed by atoms with Crippen LogP contribution >= 0.6 is 0 Å². The predicted molar refractivity (Wildman–Crippen MR) is 12.1 cm³/mol. The van der Waals surface area contributed by atoms with Crippen molar-refractivity contribution in [2.24, 2.45) is 0 Å². The van der Waals surface area contributed by atoms with Crippen molar-refractivity contribution < 1.29 is 37.4 Å². The molecule has 0 aromatic rings. The number of carbonyl (C=O) groups excluding carboxylic acids is 1. The van der Waals surface area contributed by atoms with Crippen LogP contribution in [0.5, 0.6) is 0 Å². The minimum absolute atomic E-state index is 0. The van der Waals surface area contributed by atoms with E-state index in [0.717, 1.165) is 0 Å². The number of aliphatic hydroxyl groups excluding tert-OH is 1. The molecule has 0 atom stereocenters.